The molecule has 0 saturated carbocycles. The minimum absolute atomic E-state index is 0.0401. The number of rotatable bonds is 4. The number of carbonyl (C=O) groups excluding carboxylic acids is 1. The molecule has 1 fully saturated rings. The topological polar surface area (TPSA) is 112 Å². The van der Waals surface area contributed by atoms with Gasteiger partial charge in [-0.25, -0.2) is 0 Å². The van der Waals surface area contributed by atoms with E-state index in [1.807, 2.05) is 6.08 Å². The van der Waals surface area contributed by atoms with Crippen LogP contribution in [-0.4, -0.2) is 58.0 Å². The number of benzene rings is 1. The van der Waals surface area contributed by atoms with Crippen molar-refractivity contribution in [3.05, 3.63) is 62.3 Å². The molecule has 0 unspecified atom stereocenters. The van der Waals surface area contributed by atoms with Gasteiger partial charge in [-0.3, -0.25) is 9.59 Å². The smallest absolute Gasteiger partial charge is 0.377 e. The highest BCUT2D eigenvalue weighted by Crippen LogP contribution is 2.39. The molecule has 40 heavy (non-hydrogen) atoms. The summed E-state index contributed by atoms with van der Waals surface area (Å²) >= 11 is 6.07. The van der Waals surface area contributed by atoms with Crippen LogP contribution in [0.15, 0.2) is 29.1 Å². The molecule has 0 aliphatic carbocycles. The lowest BCUT2D eigenvalue weighted by Crippen LogP contribution is -2.50. The van der Waals surface area contributed by atoms with Crippen LogP contribution in [-0.2, 0) is 39.0 Å². The number of ether oxygens (including phenoxy) is 2. The second-order valence-electron chi connectivity index (χ2n) is 10.00. The Kier molecular flexibility index (Phi) is 6.93. The molecule has 1 spiro atoms. The normalized spacial score (nSPS) is 18.9. The van der Waals surface area contributed by atoms with Crippen LogP contribution in [0.3, 0.4) is 0 Å². The van der Waals surface area contributed by atoms with E-state index in [0.717, 1.165) is 23.8 Å². The molecule has 3 aliphatic rings. The first-order valence-electron chi connectivity index (χ1n) is 13.0. The van der Waals surface area contributed by atoms with Crippen molar-refractivity contribution in [1.29, 1.82) is 0 Å². The summed E-state index contributed by atoms with van der Waals surface area (Å²) in [6.07, 6.45) is -0.579. The zero-order valence-electron chi connectivity index (χ0n) is 21.3. The van der Waals surface area contributed by atoms with Crippen molar-refractivity contribution in [1.82, 2.24) is 24.5 Å². The first kappa shape index (κ1) is 26.9. The van der Waals surface area contributed by atoms with Crippen molar-refractivity contribution in [3.63, 3.8) is 0 Å². The van der Waals surface area contributed by atoms with Gasteiger partial charge in [-0.2, -0.15) is 22.7 Å². The Morgan fingerprint density at radius 2 is 2.00 bits per heavy atom. The van der Waals surface area contributed by atoms with Crippen molar-refractivity contribution in [2.24, 2.45) is 0 Å². The molecule has 3 aromatic rings. The van der Waals surface area contributed by atoms with Gasteiger partial charge in [-0.15, -0.1) is 5.10 Å². The Bertz CT molecular complexity index is 1580. The molecule has 1 aromatic carbocycles. The lowest BCUT2D eigenvalue weighted by molar-refractivity contribution is -0.137. The third-order valence-corrected chi connectivity index (χ3v) is 7.87. The van der Waals surface area contributed by atoms with Crippen LogP contribution >= 0.6 is 11.6 Å². The zero-order valence-corrected chi connectivity index (χ0v) is 22.1. The van der Waals surface area contributed by atoms with Crippen LogP contribution < -0.4 is 16.2 Å². The number of hydrogen-bond donors (Lipinski definition) is 2. The van der Waals surface area contributed by atoms with Gasteiger partial charge < -0.3 is 24.7 Å². The Morgan fingerprint density at radius 1 is 1.20 bits per heavy atom. The standard InChI is InChI=1S/C26H26ClF3N6O4/c27-17-13-16(26(28,29)30)1-2-18(17)32-20(37)14-35-19-5-12-40-25(6-8-31-9-7-25)21(19)23(38)36-24(35)33-22(34-36)15-3-10-39-11-4-15/h1-3,13,31H,4-12,14H2,(H,32,37). The molecule has 1 amide bonds. The maximum Gasteiger partial charge on any atom is 0.416 e. The van der Waals surface area contributed by atoms with Gasteiger partial charge in [-0.1, -0.05) is 17.7 Å². The highest BCUT2D eigenvalue weighted by atomic mass is 35.5. The molecular formula is C26H26ClF3N6O4. The Labute approximate surface area is 231 Å². The number of piperidine rings is 1. The van der Waals surface area contributed by atoms with E-state index in [9.17, 15) is 22.8 Å². The van der Waals surface area contributed by atoms with E-state index in [1.54, 1.807) is 4.57 Å². The number of nitrogens with zero attached hydrogens (tertiary/aromatic N) is 4. The van der Waals surface area contributed by atoms with Gasteiger partial charge in [-0.05, 0) is 56.1 Å². The molecule has 0 bridgehead atoms. The molecule has 0 radical (unpaired) electrons. The van der Waals surface area contributed by atoms with E-state index in [4.69, 9.17) is 21.1 Å². The summed E-state index contributed by atoms with van der Waals surface area (Å²) in [5.41, 5.74) is -0.0862. The SMILES string of the molecule is O=C(Cn1c2c(c(=O)n3nc(C4=CCOCC4)nc13)C1(CCNCC1)OCC2)Nc1ccc(C(F)(F)F)cc1Cl. The maximum absolute atomic E-state index is 13.9. The number of alkyl halides is 3. The van der Waals surface area contributed by atoms with Crippen LogP contribution in [0.2, 0.25) is 5.02 Å². The number of amides is 1. The monoisotopic (exact) mass is 578 g/mol. The maximum atomic E-state index is 13.9. The lowest BCUT2D eigenvalue weighted by atomic mass is 9.82. The van der Waals surface area contributed by atoms with E-state index in [2.05, 4.69) is 20.7 Å². The van der Waals surface area contributed by atoms with Gasteiger partial charge in [0.15, 0.2) is 5.82 Å². The van der Waals surface area contributed by atoms with Gasteiger partial charge in [0, 0.05) is 12.1 Å². The number of anilines is 1. The van der Waals surface area contributed by atoms with Gasteiger partial charge in [0.25, 0.3) is 5.56 Å². The van der Waals surface area contributed by atoms with Crippen LogP contribution in [0.4, 0.5) is 18.9 Å². The Balaban J connectivity index is 1.43. The summed E-state index contributed by atoms with van der Waals surface area (Å²) in [5, 5.41) is 10.2. The molecule has 10 nitrogen and oxygen atoms in total. The van der Waals surface area contributed by atoms with Crippen molar-refractivity contribution < 1.29 is 27.4 Å². The first-order valence-corrected chi connectivity index (χ1v) is 13.4. The van der Waals surface area contributed by atoms with Gasteiger partial charge >= 0.3 is 6.18 Å². The minimum Gasteiger partial charge on any atom is -0.377 e. The number of aromatic nitrogens is 4. The van der Waals surface area contributed by atoms with E-state index < -0.39 is 23.2 Å². The van der Waals surface area contributed by atoms with E-state index in [1.165, 1.54) is 4.52 Å². The van der Waals surface area contributed by atoms with Gasteiger partial charge in [0.2, 0.25) is 11.7 Å². The predicted octanol–water partition coefficient (Wildman–Crippen LogP) is 3.16. The first-order chi connectivity index (χ1) is 19.2. The highest BCUT2D eigenvalue weighted by Gasteiger charge is 2.43. The number of carbonyl (C=O) groups is 1. The highest BCUT2D eigenvalue weighted by molar-refractivity contribution is 6.33. The van der Waals surface area contributed by atoms with Crippen molar-refractivity contribution >= 4 is 34.5 Å². The van der Waals surface area contributed by atoms with Crippen LogP contribution in [0.5, 0.6) is 0 Å². The largest absolute Gasteiger partial charge is 0.416 e. The molecule has 2 aromatic heterocycles. The number of fused-ring (bicyclic) bond motifs is 3. The second kappa shape index (κ2) is 10.3. The zero-order chi connectivity index (χ0) is 28.1. The number of halogens is 4. The molecule has 5 heterocycles. The summed E-state index contributed by atoms with van der Waals surface area (Å²) in [7, 11) is 0. The summed E-state index contributed by atoms with van der Waals surface area (Å²) in [6, 6.07) is 2.73. The summed E-state index contributed by atoms with van der Waals surface area (Å²) in [4.78, 5) is 31.9. The van der Waals surface area contributed by atoms with E-state index in [0.29, 0.717) is 75.7 Å². The predicted molar refractivity (Wildman–Crippen MR) is 139 cm³/mol. The molecule has 212 valence electrons. The van der Waals surface area contributed by atoms with E-state index >= 15 is 0 Å². The van der Waals surface area contributed by atoms with Crippen LogP contribution in [0.25, 0.3) is 11.4 Å². The minimum atomic E-state index is -4.56. The fourth-order valence-electron chi connectivity index (χ4n) is 5.62. The van der Waals surface area contributed by atoms with Crippen molar-refractivity contribution in [2.75, 3.05) is 38.2 Å². The molecule has 0 atom stereocenters. The third-order valence-electron chi connectivity index (χ3n) is 7.56. The second-order valence-corrected chi connectivity index (χ2v) is 10.4. The van der Waals surface area contributed by atoms with Crippen LogP contribution in [0.1, 0.15) is 41.9 Å². The Morgan fingerprint density at radius 3 is 2.70 bits per heavy atom. The third kappa shape index (κ3) is 4.80. The van der Waals surface area contributed by atoms with Crippen LogP contribution in [0, 0.1) is 0 Å². The molecule has 14 heteroatoms. The van der Waals surface area contributed by atoms with Crippen molar-refractivity contribution in [2.45, 2.75) is 44.0 Å². The molecule has 6 rings (SSSR count). The Hall–Kier alpha value is -3.26. The van der Waals surface area contributed by atoms with Crippen molar-refractivity contribution in [3.8, 4) is 0 Å². The summed E-state index contributed by atoms with van der Waals surface area (Å²) in [5.74, 6) is 0.0313. The van der Waals surface area contributed by atoms with E-state index in [-0.39, 0.29) is 28.6 Å². The molecule has 2 N–H and O–H groups in total. The summed E-state index contributed by atoms with van der Waals surface area (Å²) < 4.78 is 53.7. The van der Waals surface area contributed by atoms with Gasteiger partial charge in [0.05, 0.1) is 41.7 Å². The fraction of sp³-hybridized carbons (Fsp3) is 0.462. The molecular weight excluding hydrogens is 553 g/mol. The molecule has 1 saturated heterocycles. The average Bonchev–Trinajstić information content (AvgIpc) is 3.39. The summed E-state index contributed by atoms with van der Waals surface area (Å²) in [6.45, 7) is 2.34. The molecule has 3 aliphatic heterocycles. The van der Waals surface area contributed by atoms with Gasteiger partial charge in [0.1, 0.15) is 12.1 Å². The average molecular weight is 579 g/mol. The number of hydrogen-bond acceptors (Lipinski definition) is 7. The number of nitrogens with one attached hydrogen (secondary N) is 2. The lowest BCUT2D eigenvalue weighted by Gasteiger charge is -2.41. The fourth-order valence-corrected chi connectivity index (χ4v) is 5.84. The quantitative estimate of drug-likeness (QED) is 0.489.